The molecule has 0 amide bonds. The van der Waals surface area contributed by atoms with E-state index in [1.165, 1.54) is 16.2 Å². The van der Waals surface area contributed by atoms with Gasteiger partial charge in [0.1, 0.15) is 4.21 Å². The zero-order chi connectivity index (χ0) is 15.7. The fourth-order valence-electron chi connectivity index (χ4n) is 2.41. The fraction of sp³-hybridized carbons (Fsp3) is 0.500. The Kier molecular flexibility index (Phi) is 4.64. The quantitative estimate of drug-likeness (QED) is 0.787. The van der Waals surface area contributed by atoms with Gasteiger partial charge in [0.2, 0.25) is 5.89 Å². The van der Waals surface area contributed by atoms with Gasteiger partial charge < -0.3 is 9.32 Å². The van der Waals surface area contributed by atoms with Crippen LogP contribution in [0.3, 0.4) is 0 Å². The standard InChI is InChI=1S/C12H15BrN4O3S2/c1-9-14-15-11(20-9)8-16-4-6-17(7-5-16)22(18,19)12-3-2-10(13)21-12/h2-3H,4-8H2,1H3/p+1. The Morgan fingerprint density at radius 2 is 2.09 bits per heavy atom. The summed E-state index contributed by atoms with van der Waals surface area (Å²) in [7, 11) is -3.38. The Hall–Kier alpha value is -0.810. The average Bonchev–Trinajstić information content (AvgIpc) is 3.09. The van der Waals surface area contributed by atoms with Crippen molar-refractivity contribution < 1.29 is 17.7 Å². The monoisotopic (exact) mass is 407 g/mol. The van der Waals surface area contributed by atoms with Crippen LogP contribution in [0.4, 0.5) is 0 Å². The number of sulfonamides is 1. The van der Waals surface area contributed by atoms with Crippen molar-refractivity contribution in [1.82, 2.24) is 14.5 Å². The Balaban J connectivity index is 1.61. The third-order valence-electron chi connectivity index (χ3n) is 3.54. The van der Waals surface area contributed by atoms with Gasteiger partial charge in [0.25, 0.3) is 15.9 Å². The lowest BCUT2D eigenvalue weighted by Crippen LogP contribution is -3.13. The van der Waals surface area contributed by atoms with Gasteiger partial charge in [-0.1, -0.05) is 0 Å². The lowest BCUT2D eigenvalue weighted by Gasteiger charge is -2.30. The van der Waals surface area contributed by atoms with Crippen LogP contribution in [0.1, 0.15) is 11.8 Å². The third-order valence-corrected chi connectivity index (χ3v) is 7.53. The zero-order valence-electron chi connectivity index (χ0n) is 12.0. The van der Waals surface area contributed by atoms with Crippen molar-refractivity contribution in [3.05, 3.63) is 27.7 Å². The van der Waals surface area contributed by atoms with Crippen molar-refractivity contribution in [3.8, 4) is 0 Å². The van der Waals surface area contributed by atoms with E-state index in [1.54, 1.807) is 23.4 Å². The first-order valence-electron chi connectivity index (χ1n) is 6.83. The van der Waals surface area contributed by atoms with Crippen LogP contribution in [0.15, 0.2) is 24.5 Å². The summed E-state index contributed by atoms with van der Waals surface area (Å²) in [5.74, 6) is 1.16. The van der Waals surface area contributed by atoms with Gasteiger partial charge in [0, 0.05) is 6.92 Å². The molecule has 0 spiro atoms. The van der Waals surface area contributed by atoms with Crippen molar-refractivity contribution in [2.75, 3.05) is 26.2 Å². The number of hydrogen-bond acceptors (Lipinski definition) is 6. The van der Waals surface area contributed by atoms with Gasteiger partial charge in [0.05, 0.1) is 30.0 Å². The molecule has 1 aliphatic rings. The molecular weight excluding hydrogens is 392 g/mol. The van der Waals surface area contributed by atoms with Crippen LogP contribution in [0.25, 0.3) is 0 Å². The van der Waals surface area contributed by atoms with Crippen LogP contribution >= 0.6 is 27.3 Å². The van der Waals surface area contributed by atoms with Gasteiger partial charge >= 0.3 is 0 Å². The molecule has 22 heavy (non-hydrogen) atoms. The van der Waals surface area contributed by atoms with Crippen molar-refractivity contribution >= 4 is 37.3 Å². The second-order valence-corrected chi connectivity index (χ2v) is 9.73. The average molecular weight is 408 g/mol. The first kappa shape index (κ1) is 16.1. The summed E-state index contributed by atoms with van der Waals surface area (Å²) < 4.78 is 33.2. The Bertz CT molecular complexity index is 750. The van der Waals surface area contributed by atoms with Crippen molar-refractivity contribution in [2.24, 2.45) is 0 Å². The number of hydrogen-bond donors (Lipinski definition) is 1. The van der Waals surface area contributed by atoms with Crippen LogP contribution in [-0.4, -0.2) is 49.1 Å². The highest BCUT2D eigenvalue weighted by molar-refractivity contribution is 9.11. The predicted molar refractivity (Wildman–Crippen MR) is 84.2 cm³/mol. The molecule has 0 radical (unpaired) electrons. The van der Waals surface area contributed by atoms with E-state index in [9.17, 15) is 8.42 Å². The summed E-state index contributed by atoms with van der Waals surface area (Å²) in [4.78, 5) is 1.25. The Morgan fingerprint density at radius 1 is 1.36 bits per heavy atom. The van der Waals surface area contributed by atoms with Crippen molar-refractivity contribution in [3.63, 3.8) is 0 Å². The fourth-order valence-corrected chi connectivity index (χ4v) is 6.01. The van der Waals surface area contributed by atoms with Gasteiger partial charge in [-0.2, -0.15) is 4.31 Å². The number of nitrogens with zero attached hydrogens (tertiary/aromatic N) is 3. The normalized spacial score (nSPS) is 17.9. The number of quaternary nitrogens is 1. The van der Waals surface area contributed by atoms with Crippen molar-refractivity contribution in [2.45, 2.75) is 17.7 Å². The summed E-state index contributed by atoms with van der Waals surface area (Å²) in [5, 5.41) is 7.79. The highest BCUT2D eigenvalue weighted by Crippen LogP contribution is 2.28. The highest BCUT2D eigenvalue weighted by atomic mass is 79.9. The van der Waals surface area contributed by atoms with E-state index in [4.69, 9.17) is 4.42 Å². The molecule has 1 N–H and O–H groups in total. The van der Waals surface area contributed by atoms with E-state index < -0.39 is 10.0 Å². The SMILES string of the molecule is Cc1nnc(C[NH+]2CCN(S(=O)(=O)c3ccc(Br)s3)CC2)o1. The smallest absolute Gasteiger partial charge is 0.271 e. The summed E-state index contributed by atoms with van der Waals surface area (Å²) in [6, 6.07) is 3.40. The molecule has 0 bridgehead atoms. The number of thiophene rings is 1. The molecule has 3 heterocycles. The lowest BCUT2D eigenvalue weighted by molar-refractivity contribution is -0.918. The molecule has 1 saturated heterocycles. The molecule has 3 rings (SSSR count). The molecule has 0 saturated carbocycles. The van der Waals surface area contributed by atoms with Gasteiger partial charge in [-0.05, 0) is 28.1 Å². The van der Waals surface area contributed by atoms with Gasteiger partial charge in [-0.25, -0.2) is 8.42 Å². The van der Waals surface area contributed by atoms with Crippen LogP contribution in [0.5, 0.6) is 0 Å². The first-order chi connectivity index (χ1) is 10.4. The van der Waals surface area contributed by atoms with E-state index >= 15 is 0 Å². The maximum atomic E-state index is 12.5. The molecule has 0 atom stereocenters. The molecule has 0 unspecified atom stereocenters. The van der Waals surface area contributed by atoms with E-state index in [2.05, 4.69) is 26.1 Å². The van der Waals surface area contributed by atoms with Crippen LogP contribution in [0.2, 0.25) is 0 Å². The van der Waals surface area contributed by atoms with E-state index in [1.807, 2.05) is 0 Å². The van der Waals surface area contributed by atoms with Crippen molar-refractivity contribution in [1.29, 1.82) is 0 Å². The number of piperazine rings is 1. The maximum absolute atomic E-state index is 12.5. The molecule has 10 heteroatoms. The number of aromatic nitrogens is 2. The summed E-state index contributed by atoms with van der Waals surface area (Å²) in [6.07, 6.45) is 0. The molecule has 2 aromatic rings. The van der Waals surface area contributed by atoms with E-state index in [-0.39, 0.29) is 0 Å². The second-order valence-electron chi connectivity index (χ2n) is 5.10. The predicted octanol–water partition coefficient (Wildman–Crippen LogP) is 0.291. The Labute approximate surface area is 141 Å². The number of halogens is 1. The minimum Gasteiger partial charge on any atom is -0.420 e. The highest BCUT2D eigenvalue weighted by Gasteiger charge is 2.31. The Morgan fingerprint density at radius 3 is 2.64 bits per heavy atom. The summed E-state index contributed by atoms with van der Waals surface area (Å²) in [5.41, 5.74) is 0. The van der Waals surface area contributed by atoms with Gasteiger partial charge in [0.15, 0.2) is 6.54 Å². The van der Waals surface area contributed by atoms with Crippen LogP contribution < -0.4 is 4.90 Å². The molecular formula is C12H16BrN4O3S2+. The van der Waals surface area contributed by atoms with Crippen LogP contribution in [-0.2, 0) is 16.6 Å². The first-order valence-corrected chi connectivity index (χ1v) is 9.88. The van der Waals surface area contributed by atoms with E-state index in [0.717, 1.165) is 16.9 Å². The minimum atomic E-state index is -3.38. The van der Waals surface area contributed by atoms with Gasteiger partial charge in [-0.15, -0.1) is 21.5 Å². The van der Waals surface area contributed by atoms with Gasteiger partial charge in [-0.3, -0.25) is 0 Å². The molecule has 2 aromatic heterocycles. The number of nitrogens with one attached hydrogen (secondary N) is 1. The molecule has 0 aliphatic carbocycles. The van der Waals surface area contributed by atoms with Crippen LogP contribution in [0, 0.1) is 6.92 Å². The summed E-state index contributed by atoms with van der Waals surface area (Å²) >= 11 is 4.55. The maximum Gasteiger partial charge on any atom is 0.271 e. The number of rotatable bonds is 4. The largest absolute Gasteiger partial charge is 0.420 e. The summed E-state index contributed by atoms with van der Waals surface area (Å²) in [6.45, 7) is 4.86. The molecule has 1 aliphatic heterocycles. The molecule has 120 valence electrons. The zero-order valence-corrected chi connectivity index (χ0v) is 15.2. The number of aryl methyl sites for hydroxylation is 1. The second kappa shape index (κ2) is 6.36. The molecule has 1 fully saturated rings. The topological polar surface area (TPSA) is 80.7 Å². The minimum absolute atomic E-state index is 0.385. The molecule has 0 aromatic carbocycles. The lowest BCUT2D eigenvalue weighted by atomic mass is 10.3. The third kappa shape index (κ3) is 3.40. The molecule has 7 nitrogen and oxygen atoms in total. The van der Waals surface area contributed by atoms with E-state index in [0.29, 0.717) is 35.6 Å².